The molecule has 0 N–H and O–H groups in total. The molecule has 0 aliphatic heterocycles. The lowest BCUT2D eigenvalue weighted by Gasteiger charge is -2.26. The van der Waals surface area contributed by atoms with Crippen LogP contribution in [0.15, 0.2) is 28.7 Å². The fourth-order valence-electron chi connectivity index (χ4n) is 4.05. The summed E-state index contributed by atoms with van der Waals surface area (Å²) in [5.74, 6) is 0.301. The minimum absolute atomic E-state index is 0.178. The van der Waals surface area contributed by atoms with Crippen molar-refractivity contribution in [3.8, 4) is 0 Å². The average Bonchev–Trinajstić information content (AvgIpc) is 2.97. The molecule has 1 nitrogen and oxygen atoms in total. The Morgan fingerprint density at radius 1 is 0.917 bits per heavy atom. The van der Waals surface area contributed by atoms with Crippen molar-refractivity contribution in [3.63, 3.8) is 0 Å². The van der Waals surface area contributed by atoms with Crippen LogP contribution in [0.4, 0.5) is 8.78 Å². The van der Waals surface area contributed by atoms with E-state index in [9.17, 15) is 4.39 Å². The first-order valence-electron chi connectivity index (χ1n) is 8.92. The van der Waals surface area contributed by atoms with E-state index in [1.807, 2.05) is 25.1 Å². The van der Waals surface area contributed by atoms with Gasteiger partial charge in [-0.25, -0.2) is 8.78 Å². The summed E-state index contributed by atoms with van der Waals surface area (Å²) >= 11 is 0. The molecule has 2 aromatic carbocycles. The molecular formula is C21H22F2O. The summed E-state index contributed by atoms with van der Waals surface area (Å²) in [7, 11) is 0. The molecule has 1 aliphatic carbocycles. The highest BCUT2D eigenvalue weighted by molar-refractivity contribution is 6.05. The summed E-state index contributed by atoms with van der Waals surface area (Å²) in [6.45, 7) is 4.15. The van der Waals surface area contributed by atoms with E-state index in [2.05, 4.69) is 6.92 Å². The van der Waals surface area contributed by atoms with Crippen molar-refractivity contribution in [2.45, 2.75) is 51.9 Å². The molecule has 0 spiro atoms. The van der Waals surface area contributed by atoms with Crippen LogP contribution in [0.1, 0.15) is 56.6 Å². The van der Waals surface area contributed by atoms with Gasteiger partial charge in [0.25, 0.3) is 0 Å². The number of aryl methyl sites for hydroxylation is 1. The Morgan fingerprint density at radius 2 is 1.54 bits per heavy atom. The number of benzene rings is 2. The molecule has 1 fully saturated rings. The van der Waals surface area contributed by atoms with Gasteiger partial charge in [-0.3, -0.25) is 0 Å². The van der Waals surface area contributed by atoms with Crippen LogP contribution in [0.5, 0.6) is 0 Å². The van der Waals surface area contributed by atoms with Gasteiger partial charge in [0.1, 0.15) is 0 Å². The van der Waals surface area contributed by atoms with Gasteiger partial charge in [0.05, 0.1) is 0 Å². The highest BCUT2D eigenvalue weighted by Crippen LogP contribution is 2.40. The zero-order chi connectivity index (χ0) is 16.8. The third-order valence-electron chi connectivity index (χ3n) is 5.63. The Kier molecular flexibility index (Phi) is 3.82. The van der Waals surface area contributed by atoms with Gasteiger partial charge >= 0.3 is 0 Å². The summed E-state index contributed by atoms with van der Waals surface area (Å²) in [5, 5.41) is 1.32. The Morgan fingerprint density at radius 3 is 2.21 bits per heavy atom. The van der Waals surface area contributed by atoms with Crippen molar-refractivity contribution in [1.29, 1.82) is 0 Å². The van der Waals surface area contributed by atoms with E-state index in [4.69, 9.17) is 4.42 Å². The normalized spacial score (nSPS) is 21.7. The molecule has 1 aliphatic rings. The van der Waals surface area contributed by atoms with Gasteiger partial charge in [-0.2, -0.15) is 0 Å². The van der Waals surface area contributed by atoms with E-state index in [0.717, 1.165) is 37.2 Å². The zero-order valence-corrected chi connectivity index (χ0v) is 14.2. The lowest BCUT2D eigenvalue weighted by molar-refractivity contribution is 0.342. The fraction of sp³-hybridized carbons (Fsp3) is 0.429. The van der Waals surface area contributed by atoms with E-state index < -0.39 is 0 Å². The molecule has 1 aromatic heterocycles. The number of halogens is 2. The predicted octanol–water partition coefficient (Wildman–Crippen LogP) is 6.72. The van der Waals surface area contributed by atoms with E-state index in [1.165, 1.54) is 0 Å². The highest BCUT2D eigenvalue weighted by atomic mass is 19.1. The standard InChI is InChI=1S/C21H22F2O/c1-3-13-8-9-16-17-11-10-15(14-6-4-12(2)5-7-14)19(23)21(17)24-20(16)18(13)22/h8-12,14H,3-7H2,1-2H3. The van der Waals surface area contributed by atoms with Gasteiger partial charge in [0.15, 0.2) is 22.8 Å². The first-order valence-corrected chi connectivity index (χ1v) is 8.92. The van der Waals surface area contributed by atoms with Gasteiger partial charge in [0, 0.05) is 10.8 Å². The molecule has 3 aromatic rings. The molecule has 0 radical (unpaired) electrons. The Labute approximate surface area is 140 Å². The summed E-state index contributed by atoms with van der Waals surface area (Å²) < 4.78 is 35.3. The molecule has 1 saturated carbocycles. The van der Waals surface area contributed by atoms with Crippen LogP contribution in [0.2, 0.25) is 0 Å². The Bertz CT molecular complexity index is 901. The second-order valence-electron chi connectivity index (χ2n) is 7.17. The van der Waals surface area contributed by atoms with Crippen LogP contribution in [-0.2, 0) is 6.42 Å². The Hall–Kier alpha value is -1.90. The van der Waals surface area contributed by atoms with Crippen molar-refractivity contribution < 1.29 is 13.2 Å². The van der Waals surface area contributed by atoms with Crippen LogP contribution in [0.25, 0.3) is 21.9 Å². The second kappa shape index (κ2) is 5.87. The third-order valence-corrected chi connectivity index (χ3v) is 5.63. The van der Waals surface area contributed by atoms with E-state index in [-0.39, 0.29) is 28.7 Å². The largest absolute Gasteiger partial charge is 0.450 e. The minimum atomic E-state index is -0.362. The number of hydrogen-bond acceptors (Lipinski definition) is 1. The third kappa shape index (κ3) is 2.33. The van der Waals surface area contributed by atoms with Gasteiger partial charge in [0.2, 0.25) is 0 Å². The van der Waals surface area contributed by atoms with Crippen LogP contribution < -0.4 is 0 Å². The SMILES string of the molecule is CCc1ccc2c(oc3c(F)c(C4CCC(C)CC4)ccc32)c1F. The molecule has 0 atom stereocenters. The number of fused-ring (bicyclic) bond motifs is 3. The van der Waals surface area contributed by atoms with Crippen molar-refractivity contribution in [2.24, 2.45) is 5.92 Å². The monoisotopic (exact) mass is 328 g/mol. The zero-order valence-electron chi connectivity index (χ0n) is 14.2. The van der Waals surface area contributed by atoms with Crippen molar-refractivity contribution >= 4 is 21.9 Å². The quantitative estimate of drug-likeness (QED) is 0.509. The van der Waals surface area contributed by atoms with Gasteiger partial charge in [-0.15, -0.1) is 0 Å². The van der Waals surface area contributed by atoms with Gasteiger partial charge in [-0.1, -0.05) is 38.8 Å². The first kappa shape index (κ1) is 15.6. The van der Waals surface area contributed by atoms with Crippen LogP contribution >= 0.6 is 0 Å². The molecule has 24 heavy (non-hydrogen) atoms. The number of furan rings is 1. The molecule has 0 bridgehead atoms. The fourth-order valence-corrected chi connectivity index (χ4v) is 4.05. The lowest BCUT2D eigenvalue weighted by atomic mass is 9.79. The molecular weight excluding hydrogens is 306 g/mol. The summed E-state index contributed by atoms with van der Waals surface area (Å²) in [4.78, 5) is 0. The number of hydrogen-bond donors (Lipinski definition) is 0. The number of rotatable bonds is 2. The van der Waals surface area contributed by atoms with Gasteiger partial charge in [-0.05, 0) is 54.4 Å². The Balaban J connectivity index is 1.87. The first-order chi connectivity index (χ1) is 11.6. The lowest BCUT2D eigenvalue weighted by Crippen LogP contribution is -2.12. The molecule has 1 heterocycles. The van der Waals surface area contributed by atoms with Crippen LogP contribution in [0.3, 0.4) is 0 Å². The van der Waals surface area contributed by atoms with Crippen molar-refractivity contribution in [1.82, 2.24) is 0 Å². The van der Waals surface area contributed by atoms with Crippen LogP contribution in [-0.4, -0.2) is 0 Å². The maximum Gasteiger partial charge on any atom is 0.171 e. The van der Waals surface area contributed by atoms with Crippen molar-refractivity contribution in [2.75, 3.05) is 0 Å². The summed E-state index contributed by atoms with van der Waals surface area (Å²) in [5.41, 5.74) is 1.71. The maximum absolute atomic E-state index is 15.1. The molecule has 0 amide bonds. The van der Waals surface area contributed by atoms with E-state index in [0.29, 0.717) is 22.8 Å². The smallest absolute Gasteiger partial charge is 0.171 e. The molecule has 3 heteroatoms. The molecule has 0 saturated heterocycles. The predicted molar refractivity (Wildman–Crippen MR) is 93.4 cm³/mol. The highest BCUT2D eigenvalue weighted by Gasteiger charge is 2.25. The second-order valence-corrected chi connectivity index (χ2v) is 7.17. The molecule has 126 valence electrons. The summed E-state index contributed by atoms with van der Waals surface area (Å²) in [6.07, 6.45) is 4.89. The maximum atomic E-state index is 15.1. The molecule has 4 rings (SSSR count). The van der Waals surface area contributed by atoms with Crippen molar-refractivity contribution in [3.05, 3.63) is 47.0 Å². The topological polar surface area (TPSA) is 13.1 Å². The average molecular weight is 328 g/mol. The van der Waals surface area contributed by atoms with E-state index in [1.54, 1.807) is 6.07 Å². The summed E-state index contributed by atoms with van der Waals surface area (Å²) in [6, 6.07) is 7.37. The van der Waals surface area contributed by atoms with Gasteiger partial charge < -0.3 is 4.42 Å². The molecule has 0 unspecified atom stereocenters. The minimum Gasteiger partial charge on any atom is -0.450 e. The van der Waals surface area contributed by atoms with Crippen LogP contribution in [0, 0.1) is 17.6 Å². The van der Waals surface area contributed by atoms with E-state index >= 15 is 4.39 Å².